The van der Waals surface area contributed by atoms with Crippen molar-refractivity contribution < 1.29 is 18.9 Å². The highest BCUT2D eigenvalue weighted by atomic mass is 32.1. The van der Waals surface area contributed by atoms with Gasteiger partial charge in [-0.25, -0.2) is 0 Å². The van der Waals surface area contributed by atoms with Crippen molar-refractivity contribution in [3.05, 3.63) is 58.3 Å². The highest BCUT2D eigenvalue weighted by Gasteiger charge is 2.68. The monoisotopic (exact) mass is 536 g/mol. The van der Waals surface area contributed by atoms with Crippen molar-refractivity contribution in [2.24, 2.45) is 23.2 Å². The van der Waals surface area contributed by atoms with Gasteiger partial charge in [-0.05, 0) is 66.4 Å². The second kappa shape index (κ2) is 10.8. The average molecular weight is 537 g/mol. The van der Waals surface area contributed by atoms with Crippen molar-refractivity contribution in [1.29, 1.82) is 0 Å². The Balaban J connectivity index is 1.31. The van der Waals surface area contributed by atoms with Crippen LogP contribution in [0.2, 0.25) is 0 Å². The maximum absolute atomic E-state index is 13.8. The van der Waals surface area contributed by atoms with E-state index in [1.54, 1.807) is 11.3 Å². The first-order valence-corrected chi connectivity index (χ1v) is 14.9. The molecule has 6 rings (SSSR count). The molecule has 38 heavy (non-hydrogen) atoms. The van der Waals surface area contributed by atoms with E-state index in [1.165, 1.54) is 6.42 Å². The van der Waals surface area contributed by atoms with Gasteiger partial charge in [0.05, 0.1) is 24.1 Å². The molecular weight excluding hydrogens is 495 g/mol. The van der Waals surface area contributed by atoms with Crippen LogP contribution in [0.1, 0.15) is 64.3 Å². The van der Waals surface area contributed by atoms with E-state index in [1.807, 2.05) is 47.8 Å². The largest absolute Gasteiger partial charge is 0.481 e. The fraction of sp³-hybridized carbons (Fsp3) is 0.600. The van der Waals surface area contributed by atoms with Crippen LogP contribution in [0, 0.1) is 23.2 Å². The average Bonchev–Trinajstić information content (AvgIpc) is 3.50. The molecule has 2 aromatic rings. The Morgan fingerprint density at radius 1 is 1.08 bits per heavy atom. The minimum absolute atomic E-state index is 0.0569. The van der Waals surface area contributed by atoms with E-state index in [0.29, 0.717) is 24.2 Å². The van der Waals surface area contributed by atoms with Crippen molar-refractivity contribution in [2.45, 2.75) is 90.4 Å². The summed E-state index contributed by atoms with van der Waals surface area (Å²) in [5.74, 6) is 0.821. The van der Waals surface area contributed by atoms with Crippen LogP contribution in [-0.4, -0.2) is 42.6 Å². The normalized spacial score (nSPS) is 28.8. The van der Waals surface area contributed by atoms with Gasteiger partial charge >= 0.3 is 7.12 Å². The third-order valence-corrected chi connectivity index (χ3v) is 10.1. The van der Waals surface area contributed by atoms with Gasteiger partial charge in [-0.15, -0.1) is 11.3 Å². The molecule has 2 amide bonds. The second-order valence-electron chi connectivity index (χ2n) is 12.6. The van der Waals surface area contributed by atoms with E-state index in [9.17, 15) is 9.59 Å². The molecule has 0 spiro atoms. The summed E-state index contributed by atoms with van der Waals surface area (Å²) >= 11 is 1.54. The van der Waals surface area contributed by atoms with Crippen molar-refractivity contribution in [2.75, 3.05) is 0 Å². The summed E-state index contributed by atoms with van der Waals surface area (Å²) in [7, 11) is -0.495. The van der Waals surface area contributed by atoms with Crippen LogP contribution in [0.15, 0.2) is 47.8 Å². The third kappa shape index (κ3) is 5.45. The number of amides is 2. The number of hydrogen-bond donors (Lipinski definition) is 2. The minimum atomic E-state index is -0.689. The molecule has 4 fully saturated rings. The summed E-state index contributed by atoms with van der Waals surface area (Å²) in [5.41, 5.74) is 0.924. The first kappa shape index (κ1) is 27.4. The van der Waals surface area contributed by atoms with Crippen LogP contribution in [-0.2, 0) is 31.7 Å². The van der Waals surface area contributed by atoms with Gasteiger partial charge in [0.1, 0.15) is 6.04 Å². The number of carbonyl (C=O) groups is 2. The zero-order chi connectivity index (χ0) is 27.1. The zero-order valence-corrected chi connectivity index (χ0v) is 24.1. The molecule has 3 saturated carbocycles. The Bertz CT molecular complexity index is 1120. The lowest BCUT2D eigenvalue weighted by Gasteiger charge is -2.64. The van der Waals surface area contributed by atoms with E-state index in [4.69, 9.17) is 9.31 Å². The van der Waals surface area contributed by atoms with Gasteiger partial charge in [0.2, 0.25) is 11.8 Å². The number of carbonyl (C=O) groups excluding carboxylic acids is 2. The zero-order valence-electron chi connectivity index (χ0n) is 23.2. The van der Waals surface area contributed by atoms with Crippen LogP contribution in [0.25, 0.3) is 0 Å². The van der Waals surface area contributed by atoms with Crippen LogP contribution >= 0.6 is 11.3 Å². The number of hydrogen-bond acceptors (Lipinski definition) is 5. The van der Waals surface area contributed by atoms with Gasteiger partial charge in [-0.2, -0.15) is 0 Å². The van der Waals surface area contributed by atoms with Gasteiger partial charge in [0, 0.05) is 11.3 Å². The summed E-state index contributed by atoms with van der Waals surface area (Å²) in [5, 5.41) is 8.21. The van der Waals surface area contributed by atoms with E-state index in [2.05, 4.69) is 45.3 Å². The molecule has 2 heterocycles. The van der Waals surface area contributed by atoms with E-state index < -0.39 is 13.2 Å². The highest BCUT2D eigenvalue weighted by Crippen LogP contribution is 2.65. The van der Waals surface area contributed by atoms with Gasteiger partial charge in [0.25, 0.3) is 0 Å². The van der Waals surface area contributed by atoms with Crippen molar-refractivity contribution >= 4 is 30.3 Å². The number of rotatable bonds is 10. The molecule has 0 radical (unpaired) electrons. The molecule has 1 aliphatic heterocycles. The van der Waals surface area contributed by atoms with Crippen molar-refractivity contribution in [3.8, 4) is 0 Å². The topological polar surface area (TPSA) is 76.7 Å². The van der Waals surface area contributed by atoms with Gasteiger partial charge in [-0.3, -0.25) is 9.59 Å². The fourth-order valence-corrected chi connectivity index (χ4v) is 7.68. The summed E-state index contributed by atoms with van der Waals surface area (Å²) in [6, 6.07) is 13.0. The van der Waals surface area contributed by atoms with Crippen LogP contribution in [0.4, 0.5) is 0 Å². The van der Waals surface area contributed by atoms with Gasteiger partial charge < -0.3 is 19.9 Å². The van der Waals surface area contributed by atoms with Gasteiger partial charge in [0.15, 0.2) is 0 Å². The summed E-state index contributed by atoms with van der Waals surface area (Å²) in [6.45, 7) is 11.2. The molecule has 3 aliphatic carbocycles. The van der Waals surface area contributed by atoms with Crippen molar-refractivity contribution in [1.82, 2.24) is 10.6 Å². The number of nitrogens with one attached hydrogen (secondary N) is 2. The SMILES string of the molecule is CC(C)C[C@H](NC(=O)[C@H](Cc1ccccc1)NC(=O)Cc1cccs1)B1O[C@@H]2C[C@@H]3C[C@@H](C3(C)C)[C@]2(C)O1. The Morgan fingerprint density at radius 2 is 1.84 bits per heavy atom. The standard InChI is InChI=1S/C30H41BN2O4S/c1-19(2)14-26(31-36-25-17-21-16-24(29(21,3)4)30(25,5)37-31)33-28(35)23(15-20-10-7-6-8-11-20)32-27(34)18-22-12-9-13-38-22/h6-13,19,21,23-26H,14-18H2,1-5H3,(H,32,34)(H,33,35)/t21-,23-,24-,25+,26-,30-/m0/s1. The quantitative estimate of drug-likeness (QED) is 0.427. The lowest BCUT2D eigenvalue weighted by atomic mass is 9.43. The Morgan fingerprint density at radius 3 is 2.50 bits per heavy atom. The minimum Gasteiger partial charge on any atom is -0.404 e. The maximum Gasteiger partial charge on any atom is 0.481 e. The lowest BCUT2D eigenvalue weighted by molar-refractivity contribution is -0.199. The van der Waals surface area contributed by atoms with E-state index in [-0.39, 0.29) is 41.3 Å². The van der Waals surface area contributed by atoms with Crippen LogP contribution in [0.5, 0.6) is 0 Å². The second-order valence-corrected chi connectivity index (χ2v) is 13.7. The van der Waals surface area contributed by atoms with Crippen molar-refractivity contribution in [3.63, 3.8) is 0 Å². The summed E-state index contributed by atoms with van der Waals surface area (Å²) in [6.07, 6.45) is 3.67. The highest BCUT2D eigenvalue weighted by molar-refractivity contribution is 7.10. The predicted molar refractivity (Wildman–Crippen MR) is 152 cm³/mol. The molecule has 8 heteroatoms. The first-order valence-electron chi connectivity index (χ1n) is 14.1. The smallest absolute Gasteiger partial charge is 0.404 e. The maximum atomic E-state index is 13.8. The van der Waals surface area contributed by atoms with Gasteiger partial charge in [-0.1, -0.05) is 64.1 Å². The summed E-state index contributed by atoms with van der Waals surface area (Å²) in [4.78, 5) is 27.7. The summed E-state index contributed by atoms with van der Waals surface area (Å²) < 4.78 is 13.3. The predicted octanol–water partition coefficient (Wildman–Crippen LogP) is 4.82. The Kier molecular flexibility index (Phi) is 7.78. The van der Waals surface area contributed by atoms with E-state index in [0.717, 1.165) is 23.3 Å². The molecule has 1 aromatic heterocycles. The molecule has 4 aliphatic rings. The molecule has 2 N–H and O–H groups in total. The Hall–Kier alpha value is -2.16. The molecule has 6 atom stereocenters. The van der Waals surface area contributed by atoms with Crippen LogP contribution < -0.4 is 10.6 Å². The molecular formula is C30H41BN2O4S. The Labute approximate surface area is 231 Å². The molecule has 0 unspecified atom stereocenters. The first-order chi connectivity index (χ1) is 18.1. The van der Waals surface area contributed by atoms with Crippen LogP contribution in [0.3, 0.4) is 0 Å². The molecule has 204 valence electrons. The molecule has 1 aromatic carbocycles. The number of thiophene rings is 1. The molecule has 1 saturated heterocycles. The van der Waals surface area contributed by atoms with E-state index >= 15 is 0 Å². The molecule has 2 bridgehead atoms. The third-order valence-electron chi connectivity index (χ3n) is 9.20. The fourth-order valence-electron chi connectivity index (χ4n) is 6.98. The number of benzene rings is 1. The molecule has 6 nitrogen and oxygen atoms in total. The lowest BCUT2D eigenvalue weighted by Crippen LogP contribution is -2.65.